The molecule has 3 aliphatic carbocycles. The average molecular weight is 513 g/mol. The Hall–Kier alpha value is -1.46. The number of aromatic nitrogens is 4. The van der Waals surface area contributed by atoms with E-state index >= 15 is 0 Å². The van der Waals surface area contributed by atoms with Crippen LogP contribution in [0.2, 0.25) is 0 Å². The summed E-state index contributed by atoms with van der Waals surface area (Å²) in [6.45, 7) is 16.5. The van der Waals surface area contributed by atoms with Crippen LogP contribution in [0.25, 0.3) is 0 Å². The number of hydrogen-bond donors (Lipinski definition) is 0. The van der Waals surface area contributed by atoms with Crippen LogP contribution in [0, 0.1) is 52.3 Å². The molecule has 2 heterocycles. The fourth-order valence-electron chi connectivity index (χ4n) is 10.3. The standard InChI is InChI=1S/C31H52N4O2/c1-8-22(19(2)3)10-9-20(4)25-11-12-26-24-18-29-32-33-34-35(29)28-17-23(37-21(5)36)13-15-31(28,7)27(24)14-16-30(25,26)6/h19-20,22-28H,8-18H2,1-7H3. The third kappa shape index (κ3) is 4.67. The molecule has 3 fully saturated rings. The van der Waals surface area contributed by atoms with Crippen LogP contribution in [0.1, 0.15) is 125 Å². The molecule has 10 unspecified atom stereocenters. The fraction of sp³-hybridized carbons (Fsp3) is 0.935. The molecule has 37 heavy (non-hydrogen) atoms. The summed E-state index contributed by atoms with van der Waals surface area (Å²) in [5.41, 5.74) is 0.585. The van der Waals surface area contributed by atoms with E-state index in [1.165, 1.54) is 51.9 Å². The molecule has 1 aliphatic heterocycles. The maximum Gasteiger partial charge on any atom is 0.302 e. The van der Waals surface area contributed by atoms with E-state index < -0.39 is 0 Å². The number of carbonyl (C=O) groups excluding carboxylic acids is 1. The van der Waals surface area contributed by atoms with Crippen LogP contribution in [-0.2, 0) is 16.0 Å². The third-order valence-electron chi connectivity index (χ3n) is 12.4. The predicted octanol–water partition coefficient (Wildman–Crippen LogP) is 7.05. The molecule has 1 aromatic heterocycles. The van der Waals surface area contributed by atoms with Crippen molar-refractivity contribution < 1.29 is 9.53 Å². The summed E-state index contributed by atoms with van der Waals surface area (Å²) in [5.74, 6) is 6.29. The summed E-state index contributed by atoms with van der Waals surface area (Å²) in [6.07, 6.45) is 13.4. The Bertz CT molecular complexity index is 961. The van der Waals surface area contributed by atoms with Gasteiger partial charge in [0.2, 0.25) is 0 Å². The lowest BCUT2D eigenvalue weighted by atomic mass is 9.49. The Labute approximate surface area is 225 Å². The first-order valence-electron chi connectivity index (χ1n) is 15.5. The summed E-state index contributed by atoms with van der Waals surface area (Å²) < 4.78 is 7.87. The second-order valence-corrected chi connectivity index (χ2v) is 14.3. The molecule has 4 aliphatic rings. The van der Waals surface area contributed by atoms with Crippen molar-refractivity contribution in [2.45, 2.75) is 131 Å². The Morgan fingerprint density at radius 1 is 1.05 bits per heavy atom. The van der Waals surface area contributed by atoms with Crippen molar-refractivity contribution in [2.75, 3.05) is 0 Å². The van der Waals surface area contributed by atoms with Crippen molar-refractivity contribution in [1.82, 2.24) is 20.2 Å². The number of fused-ring (bicyclic) bond motifs is 7. The smallest absolute Gasteiger partial charge is 0.302 e. The molecule has 0 spiro atoms. The molecule has 208 valence electrons. The van der Waals surface area contributed by atoms with Crippen molar-refractivity contribution in [1.29, 1.82) is 0 Å². The second kappa shape index (κ2) is 10.3. The summed E-state index contributed by atoms with van der Waals surface area (Å²) in [7, 11) is 0. The first-order valence-corrected chi connectivity index (χ1v) is 15.5. The fourth-order valence-corrected chi connectivity index (χ4v) is 10.3. The second-order valence-electron chi connectivity index (χ2n) is 14.3. The maximum absolute atomic E-state index is 11.8. The van der Waals surface area contributed by atoms with Gasteiger partial charge in [-0.15, -0.1) is 5.10 Å². The Balaban J connectivity index is 1.38. The van der Waals surface area contributed by atoms with Gasteiger partial charge in [-0.1, -0.05) is 54.4 Å². The molecule has 0 aromatic carbocycles. The number of hydrogen-bond acceptors (Lipinski definition) is 5. The third-order valence-corrected chi connectivity index (χ3v) is 12.4. The minimum Gasteiger partial charge on any atom is -0.462 e. The van der Waals surface area contributed by atoms with E-state index in [0.29, 0.717) is 17.3 Å². The Kier molecular flexibility index (Phi) is 7.52. The molecular weight excluding hydrogens is 460 g/mol. The van der Waals surface area contributed by atoms with E-state index in [1.54, 1.807) is 0 Å². The Morgan fingerprint density at radius 2 is 1.78 bits per heavy atom. The molecule has 6 nitrogen and oxygen atoms in total. The van der Waals surface area contributed by atoms with E-state index in [9.17, 15) is 4.79 Å². The molecule has 10 atom stereocenters. The van der Waals surface area contributed by atoms with Gasteiger partial charge < -0.3 is 4.74 Å². The molecule has 0 amide bonds. The van der Waals surface area contributed by atoms with Crippen LogP contribution in [0.4, 0.5) is 0 Å². The normalized spacial score (nSPS) is 40.6. The minimum atomic E-state index is -0.171. The van der Waals surface area contributed by atoms with Gasteiger partial charge in [0, 0.05) is 19.8 Å². The number of nitrogens with zero attached hydrogens (tertiary/aromatic N) is 4. The van der Waals surface area contributed by atoms with E-state index in [1.807, 2.05) is 0 Å². The van der Waals surface area contributed by atoms with Gasteiger partial charge in [-0.05, 0) is 108 Å². The highest BCUT2D eigenvalue weighted by atomic mass is 16.5. The Morgan fingerprint density at radius 3 is 2.49 bits per heavy atom. The molecule has 0 saturated heterocycles. The number of ether oxygens (including phenoxy) is 1. The predicted molar refractivity (Wildman–Crippen MR) is 146 cm³/mol. The first kappa shape index (κ1) is 27.1. The van der Waals surface area contributed by atoms with Crippen LogP contribution < -0.4 is 0 Å². The van der Waals surface area contributed by atoms with Crippen molar-refractivity contribution in [2.24, 2.45) is 52.3 Å². The summed E-state index contributed by atoms with van der Waals surface area (Å²) >= 11 is 0. The van der Waals surface area contributed by atoms with Gasteiger partial charge in [0.05, 0.1) is 6.04 Å². The highest BCUT2D eigenvalue weighted by molar-refractivity contribution is 5.66. The van der Waals surface area contributed by atoms with Gasteiger partial charge in [0.1, 0.15) is 6.10 Å². The van der Waals surface area contributed by atoms with Gasteiger partial charge in [0.25, 0.3) is 0 Å². The molecule has 0 bridgehead atoms. The van der Waals surface area contributed by atoms with E-state index in [-0.39, 0.29) is 23.5 Å². The van der Waals surface area contributed by atoms with Gasteiger partial charge in [0.15, 0.2) is 5.82 Å². The lowest BCUT2D eigenvalue weighted by molar-refractivity contribution is -0.153. The van der Waals surface area contributed by atoms with Gasteiger partial charge in [-0.25, -0.2) is 4.68 Å². The zero-order valence-corrected chi connectivity index (χ0v) is 24.6. The van der Waals surface area contributed by atoms with Crippen molar-refractivity contribution in [3.63, 3.8) is 0 Å². The molecule has 6 heteroatoms. The number of esters is 1. The number of rotatable bonds is 7. The largest absolute Gasteiger partial charge is 0.462 e. The lowest BCUT2D eigenvalue weighted by Gasteiger charge is -2.56. The molecule has 3 saturated carbocycles. The van der Waals surface area contributed by atoms with Crippen LogP contribution in [-0.4, -0.2) is 32.3 Å². The molecule has 1 aromatic rings. The summed E-state index contributed by atoms with van der Waals surface area (Å²) in [5, 5.41) is 13.3. The van der Waals surface area contributed by atoms with Crippen molar-refractivity contribution in [3.05, 3.63) is 5.82 Å². The summed E-state index contributed by atoms with van der Waals surface area (Å²) in [4.78, 5) is 11.8. The van der Waals surface area contributed by atoms with Gasteiger partial charge in [-0.3, -0.25) is 4.79 Å². The van der Waals surface area contributed by atoms with Crippen LogP contribution >= 0.6 is 0 Å². The van der Waals surface area contributed by atoms with E-state index in [2.05, 4.69) is 61.7 Å². The van der Waals surface area contributed by atoms with Gasteiger partial charge >= 0.3 is 5.97 Å². The maximum atomic E-state index is 11.8. The van der Waals surface area contributed by atoms with Gasteiger partial charge in [-0.2, -0.15) is 0 Å². The molecular formula is C31H52N4O2. The van der Waals surface area contributed by atoms with Crippen molar-refractivity contribution >= 4 is 5.97 Å². The highest BCUT2D eigenvalue weighted by Crippen LogP contribution is 2.67. The van der Waals surface area contributed by atoms with E-state index in [4.69, 9.17) is 4.74 Å². The molecule has 0 N–H and O–H groups in total. The summed E-state index contributed by atoms with van der Waals surface area (Å²) in [6, 6.07) is 0.216. The number of carbonyl (C=O) groups is 1. The highest BCUT2D eigenvalue weighted by Gasteiger charge is 2.61. The van der Waals surface area contributed by atoms with Crippen molar-refractivity contribution in [3.8, 4) is 0 Å². The van der Waals surface area contributed by atoms with Crippen LogP contribution in [0.5, 0.6) is 0 Å². The molecule has 0 radical (unpaired) electrons. The van der Waals surface area contributed by atoms with Crippen LogP contribution in [0.15, 0.2) is 0 Å². The SMILES string of the molecule is CCC(CCC(C)C1CCC2C3Cc4nnnn4C4CC(OC(C)=O)CCC4(C)C3CCC12C)C(C)C. The minimum absolute atomic E-state index is 0.0208. The average Bonchev–Trinajstić information content (AvgIpc) is 3.42. The topological polar surface area (TPSA) is 69.9 Å². The zero-order chi connectivity index (χ0) is 26.5. The van der Waals surface area contributed by atoms with Crippen LogP contribution in [0.3, 0.4) is 0 Å². The zero-order valence-electron chi connectivity index (χ0n) is 24.6. The number of tetrazole rings is 1. The lowest BCUT2D eigenvalue weighted by Crippen LogP contribution is -2.51. The van der Waals surface area contributed by atoms with E-state index in [0.717, 1.165) is 61.1 Å². The monoisotopic (exact) mass is 512 g/mol. The first-order chi connectivity index (χ1) is 17.6. The quantitative estimate of drug-likeness (QED) is 0.366. The molecule has 5 rings (SSSR count).